The molecule has 2 N–H and O–H groups in total. The lowest BCUT2D eigenvalue weighted by Crippen LogP contribution is -2.42. The molecule has 128 valence electrons. The number of halogens is 2. The summed E-state index contributed by atoms with van der Waals surface area (Å²) in [5.41, 5.74) is 0.373. The standard InChI is InChI=1S/C16H15F2NO5/c17-13(18)8-12(16(21)22)19-15(20)14-10(6-7-23-14)9-24-11-4-2-1-3-5-11/h1-7,12-13H,8-9H2,(H,19,20)(H,21,22). The largest absolute Gasteiger partial charge is 0.489 e. The SMILES string of the molecule is O=C(NC(CC(F)F)C(=O)O)c1occc1COc1ccccc1. The van der Waals surface area contributed by atoms with Crippen molar-refractivity contribution in [3.05, 3.63) is 54.0 Å². The molecule has 0 saturated heterocycles. The quantitative estimate of drug-likeness (QED) is 0.772. The number of carbonyl (C=O) groups excluding carboxylic acids is 1. The molecule has 24 heavy (non-hydrogen) atoms. The number of rotatable bonds is 8. The Kier molecular flexibility index (Phi) is 5.89. The van der Waals surface area contributed by atoms with Crippen LogP contribution in [0.25, 0.3) is 0 Å². The number of carboxylic acid groups (broad SMARTS) is 1. The number of ether oxygens (including phenoxy) is 1. The maximum Gasteiger partial charge on any atom is 0.326 e. The molecule has 0 spiro atoms. The summed E-state index contributed by atoms with van der Waals surface area (Å²) in [5, 5.41) is 10.9. The highest BCUT2D eigenvalue weighted by atomic mass is 19.3. The van der Waals surface area contributed by atoms with Gasteiger partial charge in [-0.25, -0.2) is 13.6 Å². The van der Waals surface area contributed by atoms with Crippen molar-refractivity contribution in [2.45, 2.75) is 25.5 Å². The Morgan fingerprint density at radius 3 is 2.54 bits per heavy atom. The van der Waals surface area contributed by atoms with Crippen LogP contribution >= 0.6 is 0 Å². The molecule has 0 aliphatic carbocycles. The summed E-state index contributed by atoms with van der Waals surface area (Å²) in [4.78, 5) is 23.0. The molecule has 0 aliphatic rings. The smallest absolute Gasteiger partial charge is 0.326 e. The van der Waals surface area contributed by atoms with Gasteiger partial charge in [-0.05, 0) is 18.2 Å². The van der Waals surface area contributed by atoms with Crippen molar-refractivity contribution >= 4 is 11.9 Å². The van der Waals surface area contributed by atoms with Crippen LogP contribution in [0, 0.1) is 0 Å². The summed E-state index contributed by atoms with van der Waals surface area (Å²) in [7, 11) is 0. The summed E-state index contributed by atoms with van der Waals surface area (Å²) >= 11 is 0. The zero-order valence-corrected chi connectivity index (χ0v) is 12.4. The molecule has 1 atom stereocenters. The van der Waals surface area contributed by atoms with E-state index < -0.39 is 30.8 Å². The Labute approximate surface area is 136 Å². The Balaban J connectivity index is 2.02. The third-order valence-corrected chi connectivity index (χ3v) is 3.11. The van der Waals surface area contributed by atoms with E-state index in [4.69, 9.17) is 14.3 Å². The van der Waals surface area contributed by atoms with Crippen molar-refractivity contribution in [2.24, 2.45) is 0 Å². The number of hydrogen-bond acceptors (Lipinski definition) is 4. The fraction of sp³-hybridized carbons (Fsp3) is 0.250. The van der Waals surface area contributed by atoms with E-state index in [0.717, 1.165) is 0 Å². The minimum Gasteiger partial charge on any atom is -0.489 e. The van der Waals surface area contributed by atoms with Gasteiger partial charge >= 0.3 is 5.97 Å². The molecule has 0 saturated carbocycles. The van der Waals surface area contributed by atoms with E-state index in [1.165, 1.54) is 12.3 Å². The van der Waals surface area contributed by atoms with Crippen LogP contribution in [0.2, 0.25) is 0 Å². The lowest BCUT2D eigenvalue weighted by Gasteiger charge is -2.13. The van der Waals surface area contributed by atoms with Crippen molar-refractivity contribution in [3.63, 3.8) is 0 Å². The first-order valence-electron chi connectivity index (χ1n) is 7.03. The van der Waals surface area contributed by atoms with Crippen LogP contribution in [0.15, 0.2) is 47.1 Å². The van der Waals surface area contributed by atoms with Crippen LogP contribution in [0.4, 0.5) is 8.78 Å². The van der Waals surface area contributed by atoms with Crippen molar-refractivity contribution in [1.82, 2.24) is 5.32 Å². The van der Waals surface area contributed by atoms with Crippen LogP contribution in [-0.4, -0.2) is 29.5 Å². The summed E-state index contributed by atoms with van der Waals surface area (Å²) < 4.78 is 35.2. The molecule has 0 fully saturated rings. The Morgan fingerprint density at radius 1 is 1.21 bits per heavy atom. The second-order valence-electron chi connectivity index (χ2n) is 4.87. The number of carbonyl (C=O) groups is 2. The van der Waals surface area contributed by atoms with Crippen LogP contribution in [0.1, 0.15) is 22.5 Å². The van der Waals surface area contributed by atoms with E-state index in [-0.39, 0.29) is 12.4 Å². The Morgan fingerprint density at radius 2 is 1.92 bits per heavy atom. The number of alkyl halides is 2. The first kappa shape index (κ1) is 17.5. The lowest BCUT2D eigenvalue weighted by molar-refractivity contribution is -0.140. The molecule has 2 rings (SSSR count). The van der Waals surface area contributed by atoms with Crippen LogP contribution in [0.3, 0.4) is 0 Å². The van der Waals surface area contributed by atoms with Gasteiger partial charge in [-0.15, -0.1) is 0 Å². The average molecular weight is 339 g/mol. The second-order valence-corrected chi connectivity index (χ2v) is 4.87. The van der Waals surface area contributed by atoms with Gasteiger partial charge in [-0.3, -0.25) is 4.79 Å². The molecule has 0 bridgehead atoms. The third kappa shape index (κ3) is 4.80. The number of para-hydroxylation sites is 1. The first-order valence-corrected chi connectivity index (χ1v) is 7.03. The molecule has 8 heteroatoms. The second kappa shape index (κ2) is 8.09. The summed E-state index contributed by atoms with van der Waals surface area (Å²) in [6.45, 7) is 0.00977. The summed E-state index contributed by atoms with van der Waals surface area (Å²) in [5.74, 6) is -2.03. The summed E-state index contributed by atoms with van der Waals surface area (Å²) in [6, 6.07) is 8.61. The van der Waals surface area contributed by atoms with Gasteiger partial charge in [0.15, 0.2) is 5.76 Å². The summed E-state index contributed by atoms with van der Waals surface area (Å²) in [6.07, 6.45) is -2.61. The van der Waals surface area contributed by atoms with E-state index in [9.17, 15) is 18.4 Å². The number of aliphatic carboxylic acids is 1. The van der Waals surface area contributed by atoms with Crippen molar-refractivity contribution in [1.29, 1.82) is 0 Å². The number of benzene rings is 1. The maximum atomic E-state index is 12.4. The fourth-order valence-corrected chi connectivity index (χ4v) is 1.95. The van der Waals surface area contributed by atoms with E-state index >= 15 is 0 Å². The van der Waals surface area contributed by atoms with Gasteiger partial charge in [0, 0.05) is 12.0 Å². The zero-order chi connectivity index (χ0) is 17.5. The minimum absolute atomic E-state index is 0.00977. The van der Waals surface area contributed by atoms with Gasteiger partial charge in [0.05, 0.1) is 6.26 Å². The van der Waals surface area contributed by atoms with E-state index in [1.807, 2.05) is 11.4 Å². The topological polar surface area (TPSA) is 88.8 Å². The van der Waals surface area contributed by atoms with E-state index in [0.29, 0.717) is 11.3 Å². The normalized spacial score (nSPS) is 12.0. The lowest BCUT2D eigenvalue weighted by atomic mass is 10.2. The maximum absolute atomic E-state index is 12.4. The number of furan rings is 1. The van der Waals surface area contributed by atoms with Gasteiger partial charge in [0.25, 0.3) is 5.91 Å². The molecule has 1 amide bonds. The van der Waals surface area contributed by atoms with Gasteiger partial charge in [-0.2, -0.15) is 0 Å². The number of amides is 1. The zero-order valence-electron chi connectivity index (χ0n) is 12.4. The van der Waals surface area contributed by atoms with Gasteiger partial charge in [-0.1, -0.05) is 18.2 Å². The molecule has 6 nitrogen and oxygen atoms in total. The molecule has 2 aromatic rings. The third-order valence-electron chi connectivity index (χ3n) is 3.11. The molecule has 1 aromatic carbocycles. The Bertz CT molecular complexity index is 687. The molecular weight excluding hydrogens is 324 g/mol. The number of hydrogen-bond donors (Lipinski definition) is 2. The monoisotopic (exact) mass is 339 g/mol. The fourth-order valence-electron chi connectivity index (χ4n) is 1.95. The molecule has 0 radical (unpaired) electrons. The van der Waals surface area contributed by atoms with Gasteiger partial charge in [0.2, 0.25) is 6.43 Å². The Hall–Kier alpha value is -2.90. The van der Waals surface area contributed by atoms with Crippen LogP contribution in [0.5, 0.6) is 5.75 Å². The van der Waals surface area contributed by atoms with E-state index in [1.54, 1.807) is 24.3 Å². The predicted molar refractivity (Wildman–Crippen MR) is 79.0 cm³/mol. The van der Waals surface area contributed by atoms with Gasteiger partial charge in [0.1, 0.15) is 18.4 Å². The molecule has 1 heterocycles. The molecular formula is C16H15F2NO5. The van der Waals surface area contributed by atoms with Crippen LogP contribution in [-0.2, 0) is 11.4 Å². The predicted octanol–water partition coefficient (Wildman–Crippen LogP) is 2.70. The average Bonchev–Trinajstić information content (AvgIpc) is 3.01. The van der Waals surface area contributed by atoms with Crippen molar-refractivity contribution < 1.29 is 32.6 Å². The highest BCUT2D eigenvalue weighted by Crippen LogP contribution is 2.16. The van der Waals surface area contributed by atoms with Crippen LogP contribution < -0.4 is 10.1 Å². The molecule has 1 unspecified atom stereocenters. The minimum atomic E-state index is -2.86. The van der Waals surface area contributed by atoms with Gasteiger partial charge < -0.3 is 19.6 Å². The van der Waals surface area contributed by atoms with Crippen molar-refractivity contribution in [2.75, 3.05) is 0 Å². The number of nitrogens with one attached hydrogen (secondary N) is 1. The number of carboxylic acids is 1. The highest BCUT2D eigenvalue weighted by Gasteiger charge is 2.26. The molecule has 1 aromatic heterocycles. The highest BCUT2D eigenvalue weighted by molar-refractivity contribution is 5.95. The van der Waals surface area contributed by atoms with Crippen molar-refractivity contribution in [3.8, 4) is 5.75 Å². The molecule has 0 aliphatic heterocycles. The first-order chi connectivity index (χ1) is 11.5. The van der Waals surface area contributed by atoms with E-state index in [2.05, 4.69) is 0 Å².